The first kappa shape index (κ1) is 33.9. The minimum atomic E-state index is -4.98. The maximum atomic E-state index is 13.1. The molecular formula is C28H22N4O11S4. The summed E-state index contributed by atoms with van der Waals surface area (Å²) in [4.78, 5) is 28.3. The van der Waals surface area contributed by atoms with E-state index in [0.29, 0.717) is 0 Å². The monoisotopic (exact) mass is 718 g/mol. The van der Waals surface area contributed by atoms with E-state index in [1.54, 1.807) is 6.07 Å². The Balaban J connectivity index is 1.51. The minimum absolute atomic E-state index is 0.0746. The van der Waals surface area contributed by atoms with Gasteiger partial charge in [-0.25, -0.2) is 4.98 Å². The zero-order valence-corrected chi connectivity index (χ0v) is 27.3. The molecule has 1 heterocycles. The summed E-state index contributed by atoms with van der Waals surface area (Å²) in [6, 6.07) is 12.8. The van der Waals surface area contributed by atoms with E-state index in [-0.39, 0.29) is 47.7 Å². The Bertz CT molecular complexity index is 2490. The van der Waals surface area contributed by atoms with Gasteiger partial charge in [-0.3, -0.25) is 23.2 Å². The molecule has 19 heteroatoms. The molecule has 15 nitrogen and oxygen atoms in total. The van der Waals surface area contributed by atoms with Crippen LogP contribution in [0.15, 0.2) is 91.6 Å². The molecule has 0 aliphatic heterocycles. The molecule has 0 fully saturated rings. The van der Waals surface area contributed by atoms with Gasteiger partial charge in [-0.2, -0.15) is 35.5 Å². The number of fused-ring (bicyclic) bond motifs is 2. The molecule has 0 bridgehead atoms. The van der Waals surface area contributed by atoms with E-state index in [2.05, 4.69) is 20.5 Å². The molecule has 0 aliphatic rings. The molecule has 0 unspecified atom stereocenters. The highest BCUT2D eigenvalue weighted by atomic mass is 32.2. The number of hydrogen-bond acceptors (Lipinski definition) is 12. The molecule has 0 saturated carbocycles. The van der Waals surface area contributed by atoms with Crippen molar-refractivity contribution in [2.24, 2.45) is 10.2 Å². The predicted molar refractivity (Wildman–Crippen MR) is 171 cm³/mol. The molecule has 5 rings (SSSR count). The number of hydrogen-bond donors (Lipinski definition) is 4. The fourth-order valence-corrected chi connectivity index (χ4v) is 8.35. The van der Waals surface area contributed by atoms with Crippen LogP contribution in [0, 0.1) is 6.92 Å². The quantitative estimate of drug-likeness (QED) is 0.0908. The third-order valence-corrected chi connectivity index (χ3v) is 10.9. The Morgan fingerprint density at radius 3 is 2.11 bits per heavy atom. The first-order chi connectivity index (χ1) is 21.9. The lowest BCUT2D eigenvalue weighted by Gasteiger charge is -2.13. The van der Waals surface area contributed by atoms with Crippen molar-refractivity contribution < 1.29 is 48.5 Å². The van der Waals surface area contributed by atoms with Gasteiger partial charge < -0.3 is 5.32 Å². The van der Waals surface area contributed by atoms with Gasteiger partial charge in [0.05, 0.1) is 10.2 Å². The number of nitrogens with one attached hydrogen (secondary N) is 1. The number of azo groups is 1. The van der Waals surface area contributed by atoms with Crippen molar-refractivity contribution in [3.8, 4) is 10.6 Å². The van der Waals surface area contributed by atoms with E-state index in [4.69, 9.17) is 0 Å². The van der Waals surface area contributed by atoms with E-state index in [1.165, 1.54) is 49.4 Å². The van der Waals surface area contributed by atoms with Gasteiger partial charge in [0.1, 0.15) is 25.4 Å². The zero-order valence-electron chi connectivity index (χ0n) is 24.0. The van der Waals surface area contributed by atoms with Crippen LogP contribution in [0.2, 0.25) is 0 Å². The van der Waals surface area contributed by atoms with Crippen molar-refractivity contribution in [1.82, 2.24) is 4.98 Å². The summed E-state index contributed by atoms with van der Waals surface area (Å²) >= 11 is 0.847. The number of thiazole rings is 1. The molecule has 1 atom stereocenters. The van der Waals surface area contributed by atoms with Gasteiger partial charge in [0, 0.05) is 22.0 Å². The molecule has 0 aliphatic carbocycles. The lowest BCUT2D eigenvalue weighted by Crippen LogP contribution is -2.31. The Morgan fingerprint density at radius 2 is 1.49 bits per heavy atom. The van der Waals surface area contributed by atoms with Crippen LogP contribution in [0.25, 0.3) is 31.6 Å². The van der Waals surface area contributed by atoms with Gasteiger partial charge in [-0.15, -0.1) is 11.3 Å². The van der Waals surface area contributed by atoms with Crippen LogP contribution < -0.4 is 5.32 Å². The number of anilines is 1. The normalized spacial score (nSPS) is 13.3. The van der Waals surface area contributed by atoms with Crippen molar-refractivity contribution in [2.75, 3.05) is 5.32 Å². The number of benzene rings is 4. The Labute approximate surface area is 271 Å². The average Bonchev–Trinajstić information content (AvgIpc) is 3.39. The number of aryl methyl sites for hydroxylation is 1. The molecule has 4 N–H and O–H groups in total. The van der Waals surface area contributed by atoms with Crippen molar-refractivity contribution in [1.29, 1.82) is 0 Å². The number of aromatic nitrogens is 1. The molecular weight excluding hydrogens is 697 g/mol. The SMILES string of the molecule is CC(=O)[C@H](N=Nc1ccc(-c2nc3ccc(C)c(S(=O)(=O)O)c3s2)cc1S(=O)(=O)O)C(=O)Nc1ccc(S(=O)(=O)O)c2ccccc12. The highest BCUT2D eigenvalue weighted by Gasteiger charge is 2.26. The summed E-state index contributed by atoms with van der Waals surface area (Å²) in [5.74, 6) is -1.80. The van der Waals surface area contributed by atoms with Crippen molar-refractivity contribution in [2.45, 2.75) is 34.6 Å². The third-order valence-electron chi connectivity index (χ3n) is 6.79. The number of carbonyl (C=O) groups is 2. The lowest BCUT2D eigenvalue weighted by molar-refractivity contribution is -0.126. The highest BCUT2D eigenvalue weighted by molar-refractivity contribution is 7.86. The van der Waals surface area contributed by atoms with Crippen molar-refractivity contribution >= 4 is 85.7 Å². The maximum absolute atomic E-state index is 13.1. The van der Waals surface area contributed by atoms with E-state index in [9.17, 15) is 48.5 Å². The smallest absolute Gasteiger partial charge is 0.296 e. The van der Waals surface area contributed by atoms with Gasteiger partial charge in [-0.05, 0) is 55.8 Å². The van der Waals surface area contributed by atoms with Gasteiger partial charge in [0.15, 0.2) is 5.78 Å². The largest absolute Gasteiger partial charge is 0.323 e. The van der Waals surface area contributed by atoms with Crippen LogP contribution in [0.4, 0.5) is 11.4 Å². The molecule has 1 amide bonds. The van der Waals surface area contributed by atoms with Crippen LogP contribution in [0.1, 0.15) is 12.5 Å². The fraction of sp³-hybridized carbons (Fsp3) is 0.107. The standard InChI is InChI=1S/C28H22N4O11S4/c1-14-7-9-21-25(26(14)47(41,42)43)44-28(30-21)16-8-10-20(23(13-16)46(38,39)40)31-32-24(15(2)33)27(34)29-19-11-12-22(45(35,36)37)18-6-4-3-5-17(18)19/h3-13,24H,1-2H3,(H,29,34)(H,35,36,37)(H,38,39,40)(H,41,42,43)/t24-/m0/s1. The molecule has 0 saturated heterocycles. The number of rotatable bonds is 9. The summed E-state index contributed by atoms with van der Waals surface area (Å²) in [6.07, 6.45) is 0. The van der Waals surface area contributed by atoms with E-state index in [0.717, 1.165) is 36.5 Å². The summed E-state index contributed by atoms with van der Waals surface area (Å²) < 4.78 is 102. The van der Waals surface area contributed by atoms with E-state index >= 15 is 0 Å². The molecule has 0 radical (unpaired) electrons. The third kappa shape index (κ3) is 6.95. The fourth-order valence-electron chi connectivity index (χ4n) is 4.69. The first-order valence-electron chi connectivity index (χ1n) is 13.1. The number of carbonyl (C=O) groups excluding carboxylic acids is 2. The molecule has 1 aromatic heterocycles. The molecule has 244 valence electrons. The Hall–Kier alpha value is -4.50. The van der Waals surface area contributed by atoms with Crippen LogP contribution in [-0.2, 0) is 39.9 Å². The lowest BCUT2D eigenvalue weighted by atomic mass is 10.1. The molecule has 0 spiro atoms. The van der Waals surface area contributed by atoms with Gasteiger partial charge >= 0.3 is 0 Å². The van der Waals surface area contributed by atoms with Crippen LogP contribution >= 0.6 is 11.3 Å². The first-order valence-corrected chi connectivity index (χ1v) is 18.2. The topological polar surface area (TPSA) is 247 Å². The zero-order chi connectivity index (χ0) is 34.5. The average molecular weight is 719 g/mol. The second-order valence-corrected chi connectivity index (χ2v) is 15.2. The Morgan fingerprint density at radius 1 is 0.830 bits per heavy atom. The highest BCUT2D eigenvalue weighted by Crippen LogP contribution is 2.38. The second kappa shape index (κ2) is 12.3. The van der Waals surface area contributed by atoms with Crippen LogP contribution in [-0.4, -0.2) is 61.6 Å². The van der Waals surface area contributed by atoms with Gasteiger partial charge in [0.25, 0.3) is 36.3 Å². The molecule has 47 heavy (non-hydrogen) atoms. The molecule has 5 aromatic rings. The van der Waals surface area contributed by atoms with E-state index in [1.807, 2.05) is 0 Å². The number of Topliss-reactive ketones (excluding diaryl/α,β-unsaturated/α-hetero) is 1. The summed E-state index contributed by atoms with van der Waals surface area (Å²) in [7, 11) is -14.2. The summed E-state index contributed by atoms with van der Waals surface area (Å²) in [5.41, 5.74) is 0.213. The second-order valence-electron chi connectivity index (χ2n) is 10.1. The van der Waals surface area contributed by atoms with E-state index < -0.39 is 63.6 Å². The van der Waals surface area contributed by atoms with Crippen LogP contribution in [0.3, 0.4) is 0 Å². The summed E-state index contributed by atoms with van der Waals surface area (Å²) in [5, 5.41) is 10.4. The van der Waals surface area contributed by atoms with Gasteiger partial charge in [0.2, 0.25) is 6.04 Å². The predicted octanol–water partition coefficient (Wildman–Crippen LogP) is 4.85. The van der Waals surface area contributed by atoms with Crippen molar-refractivity contribution in [3.63, 3.8) is 0 Å². The number of nitrogens with zero attached hydrogens (tertiary/aromatic N) is 3. The number of amides is 1. The minimum Gasteiger partial charge on any atom is -0.323 e. The molecule has 4 aromatic carbocycles. The Kier molecular flexibility index (Phi) is 8.83. The summed E-state index contributed by atoms with van der Waals surface area (Å²) in [6.45, 7) is 2.51. The van der Waals surface area contributed by atoms with Crippen LogP contribution in [0.5, 0.6) is 0 Å². The van der Waals surface area contributed by atoms with Crippen molar-refractivity contribution in [3.05, 3.63) is 72.3 Å². The number of ketones is 1. The van der Waals surface area contributed by atoms with Gasteiger partial charge in [-0.1, -0.05) is 30.3 Å². The maximum Gasteiger partial charge on any atom is 0.296 e.